The molecule has 1 heterocycles. The highest BCUT2D eigenvalue weighted by Crippen LogP contribution is 2.26. The molecule has 0 aliphatic carbocycles. The molecule has 4 heteroatoms. The highest BCUT2D eigenvalue weighted by Gasteiger charge is 2.16. The van der Waals surface area contributed by atoms with Crippen LogP contribution in [0.3, 0.4) is 0 Å². The number of piperidine rings is 1. The minimum atomic E-state index is -0.947. The smallest absolute Gasteiger partial charge is 0.344 e. The van der Waals surface area contributed by atoms with E-state index in [-0.39, 0.29) is 0 Å². The molecule has 0 bridgehead atoms. The number of hydrogen-bond acceptors (Lipinski definition) is 3. The maximum Gasteiger partial charge on any atom is 0.344 e. The van der Waals surface area contributed by atoms with Crippen molar-refractivity contribution in [2.75, 3.05) is 13.1 Å². The van der Waals surface area contributed by atoms with E-state index in [0.717, 1.165) is 25.9 Å². The van der Waals surface area contributed by atoms with Crippen molar-refractivity contribution in [2.45, 2.75) is 31.8 Å². The van der Waals surface area contributed by atoms with E-state index in [0.29, 0.717) is 11.7 Å². The molecule has 0 radical (unpaired) electrons. The Hall–Kier alpha value is -1.55. The molecule has 2 rings (SSSR count). The number of carbonyl (C=O) groups is 1. The van der Waals surface area contributed by atoms with Crippen molar-refractivity contribution in [3.05, 3.63) is 29.8 Å². The zero-order valence-corrected chi connectivity index (χ0v) is 10.6. The van der Waals surface area contributed by atoms with Crippen LogP contribution in [0.5, 0.6) is 5.75 Å². The van der Waals surface area contributed by atoms with Crippen molar-refractivity contribution in [3.63, 3.8) is 0 Å². The number of aliphatic carboxylic acids is 1. The quantitative estimate of drug-likeness (QED) is 0.857. The molecule has 1 aromatic carbocycles. The van der Waals surface area contributed by atoms with E-state index in [2.05, 4.69) is 5.32 Å². The lowest BCUT2D eigenvalue weighted by atomic mass is 9.90. The molecular formula is C14H19NO3. The van der Waals surface area contributed by atoms with Crippen LogP contribution in [0, 0.1) is 0 Å². The van der Waals surface area contributed by atoms with Gasteiger partial charge in [0.25, 0.3) is 0 Å². The molecule has 1 saturated heterocycles. The van der Waals surface area contributed by atoms with Gasteiger partial charge in [0.15, 0.2) is 6.10 Å². The SMILES string of the molecule is CC(Oc1ccc(C2CCNCC2)cc1)C(=O)O. The van der Waals surface area contributed by atoms with Crippen LogP contribution >= 0.6 is 0 Å². The van der Waals surface area contributed by atoms with Crippen LogP contribution in [0.25, 0.3) is 0 Å². The number of carboxylic acids is 1. The maximum absolute atomic E-state index is 10.7. The van der Waals surface area contributed by atoms with E-state index < -0.39 is 12.1 Å². The van der Waals surface area contributed by atoms with Gasteiger partial charge < -0.3 is 15.2 Å². The molecule has 1 fully saturated rings. The number of carboxylic acid groups (broad SMARTS) is 1. The first-order chi connectivity index (χ1) is 8.66. The van der Waals surface area contributed by atoms with E-state index in [1.807, 2.05) is 24.3 Å². The molecule has 1 aliphatic heterocycles. The molecular weight excluding hydrogens is 230 g/mol. The second-order valence-electron chi connectivity index (χ2n) is 4.69. The average molecular weight is 249 g/mol. The lowest BCUT2D eigenvalue weighted by Gasteiger charge is -2.23. The highest BCUT2D eigenvalue weighted by atomic mass is 16.5. The van der Waals surface area contributed by atoms with Gasteiger partial charge in [-0.2, -0.15) is 0 Å². The van der Waals surface area contributed by atoms with Gasteiger partial charge in [-0.15, -0.1) is 0 Å². The first-order valence-electron chi connectivity index (χ1n) is 6.37. The molecule has 1 aliphatic rings. The maximum atomic E-state index is 10.7. The fraction of sp³-hybridized carbons (Fsp3) is 0.500. The van der Waals surface area contributed by atoms with E-state index >= 15 is 0 Å². The summed E-state index contributed by atoms with van der Waals surface area (Å²) in [6, 6.07) is 7.80. The van der Waals surface area contributed by atoms with Crippen LogP contribution in [0.2, 0.25) is 0 Å². The van der Waals surface area contributed by atoms with Gasteiger partial charge in [0.2, 0.25) is 0 Å². The van der Waals surface area contributed by atoms with E-state index in [9.17, 15) is 4.79 Å². The van der Waals surface area contributed by atoms with Crippen LogP contribution in [0.15, 0.2) is 24.3 Å². The Labute approximate surface area is 107 Å². The van der Waals surface area contributed by atoms with Crippen molar-refractivity contribution >= 4 is 5.97 Å². The van der Waals surface area contributed by atoms with Crippen molar-refractivity contribution in [3.8, 4) is 5.75 Å². The summed E-state index contributed by atoms with van der Waals surface area (Å²) in [5.74, 6) is 0.275. The third-order valence-corrected chi connectivity index (χ3v) is 3.35. The summed E-state index contributed by atoms with van der Waals surface area (Å²) in [5.41, 5.74) is 1.31. The predicted octanol–water partition coefficient (Wildman–Crippen LogP) is 2.01. The minimum absolute atomic E-state index is 0.609. The van der Waals surface area contributed by atoms with Gasteiger partial charge in [-0.3, -0.25) is 0 Å². The Balaban J connectivity index is 1.98. The second-order valence-corrected chi connectivity index (χ2v) is 4.69. The lowest BCUT2D eigenvalue weighted by Crippen LogP contribution is -2.26. The number of nitrogens with one attached hydrogen (secondary N) is 1. The summed E-state index contributed by atoms with van der Waals surface area (Å²) in [7, 11) is 0. The zero-order valence-electron chi connectivity index (χ0n) is 10.6. The molecule has 0 aromatic heterocycles. The first-order valence-corrected chi connectivity index (χ1v) is 6.37. The zero-order chi connectivity index (χ0) is 13.0. The molecule has 2 N–H and O–H groups in total. The van der Waals surface area contributed by atoms with Gasteiger partial charge in [0.1, 0.15) is 5.75 Å². The molecule has 18 heavy (non-hydrogen) atoms. The molecule has 0 spiro atoms. The monoisotopic (exact) mass is 249 g/mol. The summed E-state index contributed by atoms with van der Waals surface area (Å²) in [6.07, 6.45) is 1.51. The van der Waals surface area contributed by atoms with Gasteiger partial charge in [-0.25, -0.2) is 4.79 Å². The van der Waals surface area contributed by atoms with Crippen molar-refractivity contribution in [1.82, 2.24) is 5.32 Å². The second kappa shape index (κ2) is 5.87. The third kappa shape index (κ3) is 3.23. The topological polar surface area (TPSA) is 58.6 Å². The van der Waals surface area contributed by atoms with Gasteiger partial charge in [0.05, 0.1) is 0 Å². The third-order valence-electron chi connectivity index (χ3n) is 3.35. The largest absolute Gasteiger partial charge is 0.479 e. The van der Waals surface area contributed by atoms with Gasteiger partial charge >= 0.3 is 5.97 Å². The van der Waals surface area contributed by atoms with E-state index in [1.165, 1.54) is 12.5 Å². The number of ether oxygens (including phenoxy) is 1. The molecule has 0 saturated carbocycles. The lowest BCUT2D eigenvalue weighted by molar-refractivity contribution is -0.144. The van der Waals surface area contributed by atoms with E-state index in [1.54, 1.807) is 0 Å². The van der Waals surface area contributed by atoms with Gasteiger partial charge in [0, 0.05) is 0 Å². The Morgan fingerprint density at radius 2 is 1.94 bits per heavy atom. The summed E-state index contributed by atoms with van der Waals surface area (Å²) < 4.78 is 5.31. The standard InChI is InChI=1S/C14H19NO3/c1-10(14(16)17)18-13-4-2-11(3-5-13)12-6-8-15-9-7-12/h2-5,10,12,15H,6-9H2,1H3,(H,16,17). The minimum Gasteiger partial charge on any atom is -0.479 e. The van der Waals surface area contributed by atoms with Crippen molar-refractivity contribution < 1.29 is 14.6 Å². The first kappa shape index (κ1) is 12.9. The van der Waals surface area contributed by atoms with E-state index in [4.69, 9.17) is 9.84 Å². The molecule has 0 amide bonds. The van der Waals surface area contributed by atoms with Crippen LogP contribution in [-0.4, -0.2) is 30.3 Å². The van der Waals surface area contributed by atoms with Crippen LogP contribution < -0.4 is 10.1 Å². The molecule has 1 aromatic rings. The predicted molar refractivity (Wildman–Crippen MR) is 69.0 cm³/mol. The Bertz CT molecular complexity index is 396. The van der Waals surface area contributed by atoms with Crippen LogP contribution in [-0.2, 0) is 4.79 Å². The molecule has 4 nitrogen and oxygen atoms in total. The summed E-state index contributed by atoms with van der Waals surface area (Å²) in [4.78, 5) is 10.7. The average Bonchev–Trinajstić information content (AvgIpc) is 2.40. The molecule has 1 atom stereocenters. The summed E-state index contributed by atoms with van der Waals surface area (Å²) in [5, 5.41) is 12.1. The van der Waals surface area contributed by atoms with Gasteiger partial charge in [-0.1, -0.05) is 12.1 Å². The fourth-order valence-electron chi connectivity index (χ4n) is 2.23. The number of hydrogen-bond donors (Lipinski definition) is 2. The number of rotatable bonds is 4. The molecule has 1 unspecified atom stereocenters. The highest BCUT2D eigenvalue weighted by molar-refractivity contribution is 5.72. The Morgan fingerprint density at radius 1 is 1.33 bits per heavy atom. The normalized spacial score (nSPS) is 18.3. The summed E-state index contributed by atoms with van der Waals surface area (Å²) in [6.45, 7) is 3.67. The van der Waals surface area contributed by atoms with Crippen LogP contribution in [0.4, 0.5) is 0 Å². The fourth-order valence-corrected chi connectivity index (χ4v) is 2.23. The molecule has 98 valence electrons. The Morgan fingerprint density at radius 3 is 2.50 bits per heavy atom. The van der Waals surface area contributed by atoms with Crippen molar-refractivity contribution in [1.29, 1.82) is 0 Å². The number of benzene rings is 1. The van der Waals surface area contributed by atoms with Gasteiger partial charge in [-0.05, 0) is 56.5 Å². The van der Waals surface area contributed by atoms with Crippen LogP contribution in [0.1, 0.15) is 31.2 Å². The summed E-state index contributed by atoms with van der Waals surface area (Å²) >= 11 is 0. The van der Waals surface area contributed by atoms with Crippen molar-refractivity contribution in [2.24, 2.45) is 0 Å². The Kier molecular flexibility index (Phi) is 4.20.